The SMILES string of the molecule is CCOC(=O)C(CCOc1cccc(C)c1)NC1CC1. The molecule has 0 amide bonds. The maximum Gasteiger partial charge on any atom is 0.323 e. The van der Waals surface area contributed by atoms with Crippen LogP contribution in [0.5, 0.6) is 5.75 Å². The average molecular weight is 277 g/mol. The number of ether oxygens (including phenoxy) is 2. The Bertz CT molecular complexity index is 443. The van der Waals surface area contributed by atoms with Gasteiger partial charge in [0, 0.05) is 12.5 Å². The second-order valence-electron chi connectivity index (χ2n) is 5.20. The predicted octanol–water partition coefficient (Wildman–Crippen LogP) is 2.45. The van der Waals surface area contributed by atoms with Crippen molar-refractivity contribution in [3.8, 4) is 5.75 Å². The minimum absolute atomic E-state index is 0.174. The Morgan fingerprint density at radius 1 is 1.45 bits per heavy atom. The molecule has 1 fully saturated rings. The Morgan fingerprint density at radius 3 is 2.90 bits per heavy atom. The third-order valence-electron chi connectivity index (χ3n) is 3.25. The standard InChI is InChI=1S/C16H23NO3/c1-3-19-16(18)15(17-13-7-8-13)9-10-20-14-6-4-5-12(2)11-14/h4-6,11,13,15,17H,3,7-10H2,1-2H3. The van der Waals surface area contributed by atoms with Gasteiger partial charge in [-0.1, -0.05) is 12.1 Å². The molecule has 20 heavy (non-hydrogen) atoms. The molecule has 1 saturated carbocycles. The van der Waals surface area contributed by atoms with Crippen molar-refractivity contribution in [1.29, 1.82) is 0 Å². The van der Waals surface area contributed by atoms with Gasteiger partial charge in [0.1, 0.15) is 11.8 Å². The van der Waals surface area contributed by atoms with E-state index in [1.807, 2.05) is 38.1 Å². The van der Waals surface area contributed by atoms with Crippen molar-refractivity contribution < 1.29 is 14.3 Å². The molecule has 0 aliphatic heterocycles. The summed E-state index contributed by atoms with van der Waals surface area (Å²) in [6, 6.07) is 8.14. The summed E-state index contributed by atoms with van der Waals surface area (Å²) in [6.45, 7) is 4.78. The van der Waals surface area contributed by atoms with Crippen LogP contribution in [0.25, 0.3) is 0 Å². The zero-order valence-electron chi connectivity index (χ0n) is 12.2. The fraction of sp³-hybridized carbons (Fsp3) is 0.562. The van der Waals surface area contributed by atoms with E-state index < -0.39 is 0 Å². The van der Waals surface area contributed by atoms with E-state index in [0.717, 1.165) is 18.6 Å². The monoisotopic (exact) mass is 277 g/mol. The summed E-state index contributed by atoms with van der Waals surface area (Å²) in [5.41, 5.74) is 1.17. The smallest absolute Gasteiger partial charge is 0.323 e. The van der Waals surface area contributed by atoms with E-state index in [1.54, 1.807) is 0 Å². The van der Waals surface area contributed by atoms with Gasteiger partial charge in [-0.25, -0.2) is 0 Å². The van der Waals surface area contributed by atoms with Crippen molar-refractivity contribution in [1.82, 2.24) is 5.32 Å². The predicted molar refractivity (Wildman–Crippen MR) is 77.9 cm³/mol. The first kappa shape index (κ1) is 14.9. The molecule has 2 rings (SSSR count). The van der Waals surface area contributed by atoms with Gasteiger partial charge < -0.3 is 14.8 Å². The average Bonchev–Trinajstić information content (AvgIpc) is 3.22. The number of hydrogen-bond acceptors (Lipinski definition) is 4. The van der Waals surface area contributed by atoms with Crippen LogP contribution in [0.15, 0.2) is 24.3 Å². The first-order valence-corrected chi connectivity index (χ1v) is 7.31. The quantitative estimate of drug-likeness (QED) is 0.741. The molecule has 110 valence electrons. The van der Waals surface area contributed by atoms with E-state index in [2.05, 4.69) is 5.32 Å². The van der Waals surface area contributed by atoms with Crippen LogP contribution in [0, 0.1) is 6.92 Å². The molecule has 1 unspecified atom stereocenters. The lowest BCUT2D eigenvalue weighted by atomic mass is 10.2. The van der Waals surface area contributed by atoms with Gasteiger partial charge in [-0.05, 0) is 44.4 Å². The number of aryl methyl sites for hydroxylation is 1. The van der Waals surface area contributed by atoms with Crippen LogP contribution >= 0.6 is 0 Å². The lowest BCUT2D eigenvalue weighted by molar-refractivity contribution is -0.146. The largest absolute Gasteiger partial charge is 0.494 e. The van der Waals surface area contributed by atoms with Gasteiger partial charge in [0.25, 0.3) is 0 Å². The highest BCUT2D eigenvalue weighted by molar-refractivity contribution is 5.75. The number of rotatable bonds is 8. The van der Waals surface area contributed by atoms with E-state index in [9.17, 15) is 4.79 Å². The van der Waals surface area contributed by atoms with E-state index in [0.29, 0.717) is 25.7 Å². The minimum Gasteiger partial charge on any atom is -0.494 e. The van der Waals surface area contributed by atoms with Crippen molar-refractivity contribution >= 4 is 5.97 Å². The van der Waals surface area contributed by atoms with Gasteiger partial charge in [0.15, 0.2) is 0 Å². The highest BCUT2D eigenvalue weighted by Crippen LogP contribution is 2.20. The molecule has 1 aliphatic carbocycles. The topological polar surface area (TPSA) is 47.6 Å². The zero-order chi connectivity index (χ0) is 14.4. The van der Waals surface area contributed by atoms with Crippen LogP contribution in [0.2, 0.25) is 0 Å². The third-order valence-corrected chi connectivity index (χ3v) is 3.25. The number of benzene rings is 1. The summed E-state index contributed by atoms with van der Waals surface area (Å²) in [6.07, 6.45) is 2.92. The molecule has 4 heteroatoms. The van der Waals surface area contributed by atoms with Crippen LogP contribution in [-0.2, 0) is 9.53 Å². The second-order valence-corrected chi connectivity index (χ2v) is 5.20. The molecule has 0 heterocycles. The Hall–Kier alpha value is -1.55. The highest BCUT2D eigenvalue weighted by atomic mass is 16.5. The first-order chi connectivity index (χ1) is 9.69. The molecule has 0 saturated heterocycles. The summed E-state index contributed by atoms with van der Waals surface area (Å²) in [7, 11) is 0. The summed E-state index contributed by atoms with van der Waals surface area (Å²) in [5, 5.41) is 3.32. The molecule has 1 aliphatic rings. The lowest BCUT2D eigenvalue weighted by Crippen LogP contribution is -2.40. The molecule has 1 aromatic carbocycles. The molecule has 1 aromatic rings. The van der Waals surface area contributed by atoms with Crippen molar-refractivity contribution in [2.75, 3.05) is 13.2 Å². The number of hydrogen-bond donors (Lipinski definition) is 1. The summed E-state index contributed by atoms with van der Waals surface area (Å²) >= 11 is 0. The maximum absolute atomic E-state index is 11.9. The van der Waals surface area contributed by atoms with E-state index in [4.69, 9.17) is 9.47 Å². The molecule has 0 spiro atoms. The van der Waals surface area contributed by atoms with Crippen LogP contribution in [-0.4, -0.2) is 31.3 Å². The molecule has 4 nitrogen and oxygen atoms in total. The van der Waals surface area contributed by atoms with E-state index in [1.165, 1.54) is 5.56 Å². The summed E-state index contributed by atoms with van der Waals surface area (Å²) in [4.78, 5) is 11.9. The minimum atomic E-state index is -0.257. The molecular formula is C16H23NO3. The van der Waals surface area contributed by atoms with Crippen molar-refractivity contribution in [2.45, 2.75) is 45.2 Å². The number of carbonyl (C=O) groups excluding carboxylic acids is 1. The molecule has 1 atom stereocenters. The van der Waals surface area contributed by atoms with Gasteiger partial charge in [-0.15, -0.1) is 0 Å². The van der Waals surface area contributed by atoms with Crippen LogP contribution < -0.4 is 10.1 Å². The van der Waals surface area contributed by atoms with Crippen LogP contribution in [0.1, 0.15) is 31.7 Å². The lowest BCUT2D eigenvalue weighted by Gasteiger charge is -2.17. The van der Waals surface area contributed by atoms with Gasteiger partial charge >= 0.3 is 5.97 Å². The van der Waals surface area contributed by atoms with Crippen LogP contribution in [0.4, 0.5) is 0 Å². The maximum atomic E-state index is 11.9. The normalized spacial score (nSPS) is 15.7. The van der Waals surface area contributed by atoms with Gasteiger partial charge in [0.2, 0.25) is 0 Å². The van der Waals surface area contributed by atoms with Crippen molar-refractivity contribution in [3.05, 3.63) is 29.8 Å². The fourth-order valence-electron chi connectivity index (χ4n) is 2.05. The van der Waals surface area contributed by atoms with Crippen molar-refractivity contribution in [3.63, 3.8) is 0 Å². The highest BCUT2D eigenvalue weighted by Gasteiger charge is 2.29. The molecule has 0 bridgehead atoms. The molecular weight excluding hydrogens is 254 g/mol. The van der Waals surface area contributed by atoms with Crippen molar-refractivity contribution in [2.24, 2.45) is 0 Å². The first-order valence-electron chi connectivity index (χ1n) is 7.31. The number of esters is 1. The second kappa shape index (κ2) is 7.29. The van der Waals surface area contributed by atoms with Gasteiger partial charge in [0.05, 0.1) is 13.2 Å². The van der Waals surface area contributed by atoms with Gasteiger partial charge in [-0.2, -0.15) is 0 Å². The van der Waals surface area contributed by atoms with Gasteiger partial charge in [-0.3, -0.25) is 4.79 Å². The Morgan fingerprint density at radius 2 is 2.25 bits per heavy atom. The zero-order valence-corrected chi connectivity index (χ0v) is 12.2. The fourth-order valence-corrected chi connectivity index (χ4v) is 2.05. The molecule has 0 radical (unpaired) electrons. The van der Waals surface area contributed by atoms with Crippen LogP contribution in [0.3, 0.4) is 0 Å². The van der Waals surface area contributed by atoms with E-state index >= 15 is 0 Å². The van der Waals surface area contributed by atoms with E-state index in [-0.39, 0.29) is 12.0 Å². The summed E-state index contributed by atoms with van der Waals surface area (Å²) in [5.74, 6) is 0.672. The Balaban J connectivity index is 1.79. The Kier molecular flexibility index (Phi) is 5.41. The third kappa shape index (κ3) is 4.85. The molecule has 0 aromatic heterocycles. The number of carbonyl (C=O) groups is 1. The summed E-state index contributed by atoms with van der Waals surface area (Å²) < 4.78 is 10.8. The number of nitrogens with one attached hydrogen (secondary N) is 1. The Labute approximate surface area is 120 Å². The molecule has 1 N–H and O–H groups in total.